The molecular formula is C23H15Cl2N5O. The first-order valence-electron chi connectivity index (χ1n) is 9.71. The Morgan fingerprint density at radius 1 is 0.968 bits per heavy atom. The minimum atomic E-state index is -0.391. The van der Waals surface area contributed by atoms with E-state index in [-0.39, 0.29) is 6.04 Å². The van der Waals surface area contributed by atoms with Crippen LogP contribution in [0.1, 0.15) is 28.8 Å². The number of ether oxygens (including phenoxy) is 1. The zero-order valence-electron chi connectivity index (χ0n) is 16.0. The minimum absolute atomic E-state index is 0.265. The summed E-state index contributed by atoms with van der Waals surface area (Å²) in [6.45, 7) is 0. The first-order chi connectivity index (χ1) is 15.2. The van der Waals surface area contributed by atoms with Gasteiger partial charge >= 0.3 is 0 Å². The van der Waals surface area contributed by atoms with Gasteiger partial charge in [-0.2, -0.15) is 10.1 Å². The van der Waals surface area contributed by atoms with Crippen LogP contribution >= 0.6 is 23.2 Å². The number of rotatable bonds is 2. The lowest BCUT2D eigenvalue weighted by Crippen LogP contribution is -2.32. The Morgan fingerprint density at radius 3 is 2.68 bits per heavy atom. The predicted molar refractivity (Wildman–Crippen MR) is 119 cm³/mol. The van der Waals surface area contributed by atoms with Crippen LogP contribution < -0.4 is 10.1 Å². The van der Waals surface area contributed by atoms with Crippen molar-refractivity contribution in [3.05, 3.63) is 106 Å². The molecule has 2 atom stereocenters. The van der Waals surface area contributed by atoms with E-state index in [0.29, 0.717) is 16.0 Å². The number of benzene rings is 2. The molecular weight excluding hydrogens is 433 g/mol. The molecule has 0 saturated carbocycles. The van der Waals surface area contributed by atoms with Gasteiger partial charge in [-0.25, -0.2) is 4.68 Å². The normalized spacial score (nSPS) is 19.0. The molecule has 0 aliphatic carbocycles. The summed E-state index contributed by atoms with van der Waals surface area (Å²) in [4.78, 5) is 8.76. The average Bonchev–Trinajstić information content (AvgIpc) is 3.26. The summed E-state index contributed by atoms with van der Waals surface area (Å²) in [5.41, 5.74) is 4.69. The molecule has 4 heterocycles. The van der Waals surface area contributed by atoms with Gasteiger partial charge in [0.1, 0.15) is 24.2 Å². The van der Waals surface area contributed by atoms with Crippen molar-refractivity contribution in [1.29, 1.82) is 0 Å². The number of pyridine rings is 1. The molecule has 152 valence electrons. The lowest BCUT2D eigenvalue weighted by molar-refractivity contribution is 0.223. The zero-order valence-corrected chi connectivity index (χ0v) is 17.5. The number of anilines is 1. The largest absolute Gasteiger partial charge is 0.480 e. The highest BCUT2D eigenvalue weighted by molar-refractivity contribution is 6.31. The van der Waals surface area contributed by atoms with Crippen LogP contribution in [0.25, 0.3) is 5.70 Å². The summed E-state index contributed by atoms with van der Waals surface area (Å²) in [5.74, 6) is 1.38. The van der Waals surface area contributed by atoms with Crippen LogP contribution in [0.4, 0.5) is 5.95 Å². The number of fused-ring (bicyclic) bond motifs is 3. The molecule has 8 heteroatoms. The molecule has 4 aromatic rings. The second-order valence-corrected chi connectivity index (χ2v) is 8.24. The zero-order chi connectivity index (χ0) is 20.9. The van der Waals surface area contributed by atoms with Crippen molar-refractivity contribution in [2.24, 2.45) is 0 Å². The summed E-state index contributed by atoms with van der Waals surface area (Å²) in [6.07, 6.45) is 4.74. The van der Waals surface area contributed by atoms with Gasteiger partial charge in [0.05, 0.1) is 5.70 Å². The first-order valence-corrected chi connectivity index (χ1v) is 10.5. The van der Waals surface area contributed by atoms with E-state index in [1.54, 1.807) is 6.20 Å². The summed E-state index contributed by atoms with van der Waals surface area (Å²) in [6, 6.07) is 17.0. The highest BCUT2D eigenvalue weighted by Gasteiger charge is 2.41. The lowest BCUT2D eigenvalue weighted by Gasteiger charge is -2.38. The van der Waals surface area contributed by atoms with Crippen molar-refractivity contribution in [1.82, 2.24) is 19.7 Å². The van der Waals surface area contributed by atoms with Gasteiger partial charge in [0, 0.05) is 33.6 Å². The lowest BCUT2D eigenvalue weighted by atomic mass is 9.85. The Kier molecular flexibility index (Phi) is 4.23. The third kappa shape index (κ3) is 2.99. The van der Waals surface area contributed by atoms with Crippen molar-refractivity contribution < 1.29 is 4.74 Å². The van der Waals surface area contributed by atoms with E-state index >= 15 is 0 Å². The maximum Gasteiger partial charge on any atom is 0.226 e. The van der Waals surface area contributed by atoms with Crippen molar-refractivity contribution in [2.45, 2.75) is 12.1 Å². The fraction of sp³-hybridized carbons (Fsp3) is 0.0870. The van der Waals surface area contributed by atoms with Crippen molar-refractivity contribution in [3.8, 4) is 5.75 Å². The Balaban J connectivity index is 1.65. The summed E-state index contributed by atoms with van der Waals surface area (Å²) < 4.78 is 8.40. The van der Waals surface area contributed by atoms with Gasteiger partial charge in [-0.15, -0.1) is 0 Å². The molecule has 0 spiro atoms. The molecule has 2 aliphatic rings. The standard InChI is InChI=1S/C23H15Cl2N5O/c24-15-5-1-3-13(9-15)22-19-20(17-10-16(25)6-7-18(17)31-22)29-23-27-12-28-30(23)21(19)14-4-2-8-26-11-14/h1-12,21-22H,(H,27,28,29)/t21-,22-/m1/s1. The molecule has 2 aliphatic heterocycles. The van der Waals surface area contributed by atoms with Crippen LogP contribution in [0.15, 0.2) is 78.9 Å². The maximum absolute atomic E-state index is 6.54. The second kappa shape index (κ2) is 7.11. The molecule has 0 fully saturated rings. The topological polar surface area (TPSA) is 64.9 Å². The highest BCUT2D eigenvalue weighted by atomic mass is 35.5. The highest BCUT2D eigenvalue weighted by Crippen LogP contribution is 2.51. The molecule has 0 saturated heterocycles. The van der Waals surface area contributed by atoms with Crippen molar-refractivity contribution in [2.75, 3.05) is 5.32 Å². The first kappa shape index (κ1) is 18.4. The van der Waals surface area contributed by atoms with E-state index in [1.807, 2.05) is 65.5 Å². The van der Waals surface area contributed by atoms with Crippen LogP contribution in [-0.4, -0.2) is 19.7 Å². The number of halogens is 2. The summed E-state index contributed by atoms with van der Waals surface area (Å²) >= 11 is 12.7. The average molecular weight is 448 g/mol. The van der Waals surface area contributed by atoms with Gasteiger partial charge < -0.3 is 10.1 Å². The molecule has 2 aromatic heterocycles. The second-order valence-electron chi connectivity index (χ2n) is 7.37. The van der Waals surface area contributed by atoms with Gasteiger partial charge in [-0.05, 0) is 47.5 Å². The fourth-order valence-corrected chi connectivity index (χ4v) is 4.62. The monoisotopic (exact) mass is 447 g/mol. The summed E-state index contributed by atoms with van der Waals surface area (Å²) in [7, 11) is 0. The van der Waals surface area contributed by atoms with Gasteiger partial charge in [0.15, 0.2) is 0 Å². The molecule has 0 radical (unpaired) electrons. The smallest absolute Gasteiger partial charge is 0.226 e. The SMILES string of the molecule is Clc1cccc([C@H]2Oc3ccc(Cl)cc3C3=C2[C@@H](c2cccnc2)n2ncnc2N3)c1. The molecule has 6 nitrogen and oxygen atoms in total. The van der Waals surface area contributed by atoms with Gasteiger partial charge in [0.2, 0.25) is 5.95 Å². The van der Waals surface area contributed by atoms with Crippen molar-refractivity contribution >= 4 is 34.8 Å². The number of nitrogens with one attached hydrogen (secondary N) is 1. The van der Waals surface area contributed by atoms with E-state index in [1.165, 1.54) is 6.33 Å². The minimum Gasteiger partial charge on any atom is -0.480 e. The van der Waals surface area contributed by atoms with Crippen LogP contribution in [0, 0.1) is 0 Å². The van der Waals surface area contributed by atoms with E-state index < -0.39 is 6.10 Å². The molecule has 1 N–H and O–H groups in total. The molecule has 0 unspecified atom stereocenters. The van der Waals surface area contributed by atoms with E-state index in [9.17, 15) is 0 Å². The van der Waals surface area contributed by atoms with Gasteiger partial charge in [-0.1, -0.05) is 41.4 Å². The third-order valence-electron chi connectivity index (χ3n) is 5.53. The molecule has 31 heavy (non-hydrogen) atoms. The quantitative estimate of drug-likeness (QED) is 0.436. The van der Waals surface area contributed by atoms with Crippen LogP contribution in [0.5, 0.6) is 5.75 Å². The fourth-order valence-electron chi connectivity index (χ4n) is 4.24. The molecule has 6 rings (SSSR count). The predicted octanol–water partition coefficient (Wildman–Crippen LogP) is 5.54. The third-order valence-corrected chi connectivity index (χ3v) is 6.00. The van der Waals surface area contributed by atoms with E-state index in [2.05, 4.69) is 20.4 Å². The molecule has 2 aromatic carbocycles. The van der Waals surface area contributed by atoms with E-state index in [4.69, 9.17) is 27.9 Å². The Bertz CT molecular complexity index is 1330. The van der Waals surface area contributed by atoms with E-state index in [0.717, 1.165) is 33.7 Å². The van der Waals surface area contributed by atoms with Crippen LogP contribution in [0.2, 0.25) is 10.0 Å². The molecule has 0 amide bonds. The summed E-state index contributed by atoms with van der Waals surface area (Å²) in [5, 5.41) is 9.23. The number of hydrogen-bond donors (Lipinski definition) is 1. The van der Waals surface area contributed by atoms with Gasteiger partial charge in [0.25, 0.3) is 0 Å². The van der Waals surface area contributed by atoms with Crippen molar-refractivity contribution in [3.63, 3.8) is 0 Å². The van der Waals surface area contributed by atoms with Crippen LogP contribution in [-0.2, 0) is 0 Å². The number of aromatic nitrogens is 4. The number of nitrogens with zero attached hydrogens (tertiary/aromatic N) is 4. The molecule has 0 bridgehead atoms. The number of hydrogen-bond acceptors (Lipinski definition) is 5. The Morgan fingerprint density at radius 2 is 1.84 bits per heavy atom. The maximum atomic E-state index is 6.54. The van der Waals surface area contributed by atoms with Crippen LogP contribution in [0.3, 0.4) is 0 Å². The Hall–Kier alpha value is -3.35. The Labute approximate surface area is 188 Å². The van der Waals surface area contributed by atoms with Gasteiger partial charge in [-0.3, -0.25) is 4.98 Å².